The summed E-state index contributed by atoms with van der Waals surface area (Å²) in [4.78, 5) is 13.5. The number of likely N-dealkylation sites (tertiary alicyclic amines) is 1. The molecule has 152 valence electrons. The topological polar surface area (TPSA) is 59.0 Å². The van der Waals surface area contributed by atoms with Gasteiger partial charge in [-0.3, -0.25) is 4.79 Å². The zero-order valence-electron chi connectivity index (χ0n) is 15.8. The van der Waals surface area contributed by atoms with E-state index in [0.717, 1.165) is 31.5 Å². The van der Waals surface area contributed by atoms with Gasteiger partial charge in [-0.25, -0.2) is 8.78 Å². The van der Waals surface area contributed by atoms with Crippen LogP contribution in [0.4, 0.5) is 8.78 Å². The van der Waals surface area contributed by atoms with Crippen LogP contribution in [0.15, 0.2) is 48.5 Å². The maximum atomic E-state index is 12.1. The molecule has 0 aliphatic carbocycles. The maximum Gasteiger partial charge on any atom is 0.267 e. The summed E-state index contributed by atoms with van der Waals surface area (Å²) >= 11 is 0. The predicted octanol–water partition coefficient (Wildman–Crippen LogP) is 3.81. The van der Waals surface area contributed by atoms with E-state index >= 15 is 0 Å². The number of methoxy groups -OCH3 is 1. The van der Waals surface area contributed by atoms with Gasteiger partial charge < -0.3 is 19.5 Å². The Balaban J connectivity index is 0.000000221. The van der Waals surface area contributed by atoms with E-state index in [0.29, 0.717) is 5.75 Å². The van der Waals surface area contributed by atoms with E-state index in [1.54, 1.807) is 36.4 Å². The van der Waals surface area contributed by atoms with E-state index in [4.69, 9.17) is 14.6 Å². The van der Waals surface area contributed by atoms with E-state index < -0.39 is 6.43 Å². The Bertz CT molecular complexity index is 731. The summed E-state index contributed by atoms with van der Waals surface area (Å²) < 4.78 is 34.4. The van der Waals surface area contributed by atoms with E-state index in [9.17, 15) is 13.6 Å². The van der Waals surface area contributed by atoms with Gasteiger partial charge in [-0.15, -0.1) is 0 Å². The molecule has 2 aromatic carbocycles. The fourth-order valence-corrected chi connectivity index (χ4v) is 2.74. The van der Waals surface area contributed by atoms with Crippen LogP contribution in [0.25, 0.3) is 0 Å². The fraction of sp³-hybridized carbons (Fsp3) is 0.381. The lowest BCUT2D eigenvalue weighted by atomic mass is 10.2. The van der Waals surface area contributed by atoms with Gasteiger partial charge in [-0.2, -0.15) is 0 Å². The first-order valence-electron chi connectivity index (χ1n) is 9.06. The molecule has 0 atom stereocenters. The first kappa shape index (κ1) is 21.6. The number of rotatable bonds is 6. The van der Waals surface area contributed by atoms with Crippen LogP contribution >= 0.6 is 0 Å². The SMILES string of the molecule is COc1ccccc1C(F)F.O=C(COc1ccc(CO)cc1)N1CCCC1. The molecular formula is C21H25F2NO4. The second-order valence-corrected chi connectivity index (χ2v) is 6.22. The molecule has 2 aromatic rings. The normalized spacial score (nSPS) is 13.1. The molecule has 1 saturated heterocycles. The second kappa shape index (κ2) is 11.2. The van der Waals surface area contributed by atoms with Crippen molar-refractivity contribution in [2.45, 2.75) is 25.9 Å². The number of aliphatic hydroxyl groups excluding tert-OH is 1. The van der Waals surface area contributed by atoms with Crippen molar-refractivity contribution in [1.82, 2.24) is 4.90 Å². The minimum Gasteiger partial charge on any atom is -0.496 e. The van der Waals surface area contributed by atoms with Crippen LogP contribution < -0.4 is 9.47 Å². The number of alkyl halides is 2. The number of carbonyl (C=O) groups excluding carboxylic acids is 1. The summed E-state index contributed by atoms with van der Waals surface area (Å²) in [5, 5.41) is 8.89. The Morgan fingerprint density at radius 2 is 1.75 bits per heavy atom. The van der Waals surface area contributed by atoms with Crippen molar-refractivity contribution in [3.63, 3.8) is 0 Å². The van der Waals surface area contributed by atoms with Gasteiger partial charge in [-0.05, 0) is 42.7 Å². The lowest BCUT2D eigenvalue weighted by molar-refractivity contribution is -0.132. The molecule has 1 aliphatic rings. The van der Waals surface area contributed by atoms with Crippen LogP contribution in [-0.4, -0.2) is 42.7 Å². The first-order valence-corrected chi connectivity index (χ1v) is 9.06. The number of halogens is 2. The molecule has 1 aliphatic heterocycles. The third kappa shape index (κ3) is 6.49. The summed E-state index contributed by atoms with van der Waals surface area (Å²) in [6.45, 7) is 1.82. The number of para-hydroxylation sites is 1. The van der Waals surface area contributed by atoms with Gasteiger partial charge in [0.25, 0.3) is 12.3 Å². The second-order valence-electron chi connectivity index (χ2n) is 6.22. The summed E-state index contributed by atoms with van der Waals surface area (Å²) in [5.41, 5.74) is 0.776. The van der Waals surface area contributed by atoms with Crippen molar-refractivity contribution in [3.05, 3.63) is 59.7 Å². The molecule has 1 amide bonds. The van der Waals surface area contributed by atoms with Crippen LogP contribution in [0.3, 0.4) is 0 Å². The summed E-state index contributed by atoms with van der Waals surface area (Å²) in [6, 6.07) is 13.2. The molecular weight excluding hydrogens is 368 g/mol. The zero-order valence-corrected chi connectivity index (χ0v) is 15.8. The van der Waals surface area contributed by atoms with Crippen LogP contribution in [0.2, 0.25) is 0 Å². The third-order valence-corrected chi connectivity index (χ3v) is 4.30. The quantitative estimate of drug-likeness (QED) is 0.811. The molecule has 1 fully saturated rings. The molecule has 0 bridgehead atoms. The van der Waals surface area contributed by atoms with Crippen LogP contribution in [-0.2, 0) is 11.4 Å². The average molecular weight is 393 g/mol. The van der Waals surface area contributed by atoms with Crippen molar-refractivity contribution < 1.29 is 28.2 Å². The van der Waals surface area contributed by atoms with Crippen molar-refractivity contribution in [2.75, 3.05) is 26.8 Å². The van der Waals surface area contributed by atoms with Crippen molar-refractivity contribution >= 4 is 5.91 Å². The van der Waals surface area contributed by atoms with Gasteiger partial charge >= 0.3 is 0 Å². The number of ether oxygens (including phenoxy) is 2. The highest BCUT2D eigenvalue weighted by molar-refractivity contribution is 5.78. The Kier molecular flexibility index (Phi) is 8.68. The number of amides is 1. The molecule has 1 N–H and O–H groups in total. The maximum absolute atomic E-state index is 12.1. The van der Waals surface area contributed by atoms with E-state index in [1.807, 2.05) is 4.90 Å². The standard InChI is InChI=1S/C13H17NO3.C8H8F2O/c15-9-11-3-5-12(6-4-11)17-10-13(16)14-7-1-2-8-14;1-11-7-5-3-2-4-6(7)8(9)10/h3-6,15H,1-2,7-10H2;2-5,8H,1H3. The Morgan fingerprint density at radius 1 is 1.11 bits per heavy atom. The summed E-state index contributed by atoms with van der Waals surface area (Å²) in [5.74, 6) is 0.950. The Hall–Kier alpha value is -2.67. The average Bonchev–Trinajstić information content (AvgIpc) is 3.28. The van der Waals surface area contributed by atoms with Crippen molar-refractivity contribution in [2.24, 2.45) is 0 Å². The number of nitrogens with zero attached hydrogens (tertiary/aromatic N) is 1. The van der Waals surface area contributed by atoms with Crippen LogP contribution in [0.5, 0.6) is 11.5 Å². The van der Waals surface area contributed by atoms with E-state index in [2.05, 4.69) is 0 Å². The molecule has 0 spiro atoms. The third-order valence-electron chi connectivity index (χ3n) is 4.30. The molecule has 0 aromatic heterocycles. The van der Waals surface area contributed by atoms with Gasteiger partial charge in [0.2, 0.25) is 0 Å². The van der Waals surface area contributed by atoms with Crippen LogP contribution in [0, 0.1) is 0 Å². The smallest absolute Gasteiger partial charge is 0.267 e. The molecule has 28 heavy (non-hydrogen) atoms. The van der Waals surface area contributed by atoms with E-state index in [1.165, 1.54) is 19.2 Å². The Morgan fingerprint density at radius 3 is 2.29 bits per heavy atom. The fourth-order valence-electron chi connectivity index (χ4n) is 2.74. The minimum absolute atomic E-state index is 0.0208. The highest BCUT2D eigenvalue weighted by Gasteiger charge is 2.18. The Labute approximate surface area is 163 Å². The molecule has 1 heterocycles. The highest BCUT2D eigenvalue weighted by atomic mass is 19.3. The number of carbonyl (C=O) groups is 1. The number of benzene rings is 2. The lowest BCUT2D eigenvalue weighted by Crippen LogP contribution is -2.32. The van der Waals surface area contributed by atoms with Gasteiger partial charge in [0.1, 0.15) is 11.5 Å². The van der Waals surface area contributed by atoms with Crippen molar-refractivity contribution in [1.29, 1.82) is 0 Å². The molecule has 3 rings (SSSR count). The molecule has 0 saturated carbocycles. The molecule has 0 radical (unpaired) electrons. The largest absolute Gasteiger partial charge is 0.496 e. The van der Waals surface area contributed by atoms with E-state index in [-0.39, 0.29) is 30.4 Å². The number of hydrogen-bond acceptors (Lipinski definition) is 4. The predicted molar refractivity (Wildman–Crippen MR) is 102 cm³/mol. The van der Waals surface area contributed by atoms with Gasteiger partial charge in [0.15, 0.2) is 6.61 Å². The monoisotopic (exact) mass is 393 g/mol. The zero-order chi connectivity index (χ0) is 20.4. The van der Waals surface area contributed by atoms with Gasteiger partial charge in [0, 0.05) is 13.1 Å². The van der Waals surface area contributed by atoms with Gasteiger partial charge in [0.05, 0.1) is 19.3 Å². The summed E-state index contributed by atoms with van der Waals surface area (Å²) in [7, 11) is 1.38. The molecule has 5 nitrogen and oxygen atoms in total. The molecule has 0 unspecified atom stereocenters. The minimum atomic E-state index is -2.47. The summed E-state index contributed by atoms with van der Waals surface area (Å²) in [6.07, 6.45) is -0.278. The van der Waals surface area contributed by atoms with Gasteiger partial charge in [-0.1, -0.05) is 24.3 Å². The van der Waals surface area contributed by atoms with Crippen molar-refractivity contribution in [3.8, 4) is 11.5 Å². The highest BCUT2D eigenvalue weighted by Crippen LogP contribution is 2.27. The first-order chi connectivity index (χ1) is 13.5. The lowest BCUT2D eigenvalue weighted by Gasteiger charge is -2.15. The van der Waals surface area contributed by atoms with Crippen LogP contribution in [0.1, 0.15) is 30.4 Å². The number of aliphatic hydroxyl groups is 1. The number of hydrogen-bond donors (Lipinski definition) is 1. The molecule has 7 heteroatoms.